The number of benzene rings is 2. The van der Waals surface area contributed by atoms with Crippen LogP contribution in [0.5, 0.6) is 5.75 Å². The highest BCUT2D eigenvalue weighted by Crippen LogP contribution is 2.36. The van der Waals surface area contributed by atoms with Crippen LogP contribution in [-0.4, -0.2) is 18.9 Å². The Morgan fingerprint density at radius 3 is 2.70 bits per heavy atom. The zero-order valence-electron chi connectivity index (χ0n) is 14.4. The van der Waals surface area contributed by atoms with Crippen molar-refractivity contribution >= 4 is 21.7 Å². The van der Waals surface area contributed by atoms with Crippen molar-refractivity contribution in [3.8, 4) is 34.2 Å². The summed E-state index contributed by atoms with van der Waals surface area (Å²) in [6, 6.07) is 15.5. The van der Waals surface area contributed by atoms with E-state index < -0.39 is 5.82 Å². The fourth-order valence-electron chi connectivity index (χ4n) is 2.65. The second kappa shape index (κ2) is 8.16. The topological polar surface area (TPSA) is 81.2 Å². The van der Waals surface area contributed by atoms with E-state index >= 15 is 0 Å². The lowest BCUT2D eigenvalue weighted by Gasteiger charge is -2.14. The van der Waals surface area contributed by atoms with Crippen LogP contribution < -0.4 is 10.5 Å². The summed E-state index contributed by atoms with van der Waals surface area (Å²) < 4.78 is 24.9. The largest absolute Gasteiger partial charge is 0.467 e. The molecule has 0 fully saturated rings. The first-order chi connectivity index (χ1) is 13.0. The molecule has 2 N–H and O–H groups in total. The van der Waals surface area contributed by atoms with Gasteiger partial charge in [-0.15, -0.1) is 0 Å². The summed E-state index contributed by atoms with van der Waals surface area (Å²) in [5, 5.41) is 9.53. The van der Waals surface area contributed by atoms with Gasteiger partial charge in [-0.1, -0.05) is 28.1 Å². The van der Waals surface area contributed by atoms with Crippen LogP contribution >= 0.6 is 15.9 Å². The molecule has 0 aliphatic rings. The van der Waals surface area contributed by atoms with E-state index in [0.29, 0.717) is 16.8 Å². The third-order valence-electron chi connectivity index (χ3n) is 3.85. The number of pyridine rings is 1. The zero-order chi connectivity index (χ0) is 19.4. The molecule has 0 atom stereocenters. The molecule has 5 nitrogen and oxygen atoms in total. The maximum Gasteiger partial charge on any atom is 0.188 e. The van der Waals surface area contributed by atoms with Crippen LogP contribution in [0.15, 0.2) is 53.0 Å². The molecule has 0 amide bonds. The minimum Gasteiger partial charge on any atom is -0.467 e. The highest BCUT2D eigenvalue weighted by Gasteiger charge is 2.16. The molecule has 3 aromatic rings. The van der Waals surface area contributed by atoms with E-state index in [1.54, 1.807) is 12.1 Å². The molecule has 7 heteroatoms. The minimum atomic E-state index is -0.446. The average Bonchev–Trinajstić information content (AvgIpc) is 2.65. The summed E-state index contributed by atoms with van der Waals surface area (Å²) in [5.74, 6) is -0.0840. The molecule has 0 bridgehead atoms. The Labute approximate surface area is 164 Å². The Hall–Kier alpha value is -2.95. The number of anilines is 1. The van der Waals surface area contributed by atoms with Gasteiger partial charge in [0.2, 0.25) is 0 Å². The van der Waals surface area contributed by atoms with Gasteiger partial charge in [-0.3, -0.25) is 0 Å². The number of methoxy groups -OCH3 is 1. The number of ether oxygens (including phenoxy) is 2. The molecular formula is C20H15BrFN3O2. The molecule has 1 aromatic heterocycles. The summed E-state index contributed by atoms with van der Waals surface area (Å²) in [6.45, 7) is -0.0410. The Balaban J connectivity index is 2.20. The molecule has 0 saturated carbocycles. The van der Waals surface area contributed by atoms with Crippen LogP contribution in [0.2, 0.25) is 0 Å². The number of nitriles is 1. The van der Waals surface area contributed by atoms with Crippen LogP contribution in [-0.2, 0) is 4.74 Å². The quantitative estimate of drug-likeness (QED) is 0.593. The molecule has 3 rings (SSSR count). The fourth-order valence-corrected chi connectivity index (χ4v) is 3.05. The Kier molecular flexibility index (Phi) is 5.69. The van der Waals surface area contributed by atoms with Gasteiger partial charge in [0.15, 0.2) is 6.79 Å². The number of nitrogen functional groups attached to an aromatic ring is 1. The van der Waals surface area contributed by atoms with Crippen molar-refractivity contribution in [3.63, 3.8) is 0 Å². The highest BCUT2D eigenvalue weighted by atomic mass is 79.9. The van der Waals surface area contributed by atoms with Crippen molar-refractivity contribution in [2.24, 2.45) is 0 Å². The molecule has 2 aromatic carbocycles. The van der Waals surface area contributed by atoms with Gasteiger partial charge in [0.25, 0.3) is 0 Å². The SMILES string of the molecule is COCOc1cc(F)ccc1-c1cc(-c2cccc(Br)c2)c(C#N)c(N)n1. The number of rotatable bonds is 5. The molecule has 1 heterocycles. The van der Waals surface area contributed by atoms with Crippen LogP contribution in [0.25, 0.3) is 22.4 Å². The maximum absolute atomic E-state index is 13.7. The summed E-state index contributed by atoms with van der Waals surface area (Å²) >= 11 is 3.43. The van der Waals surface area contributed by atoms with Gasteiger partial charge in [0, 0.05) is 28.8 Å². The van der Waals surface area contributed by atoms with E-state index in [1.807, 2.05) is 24.3 Å². The number of halogens is 2. The van der Waals surface area contributed by atoms with Crippen LogP contribution in [0.4, 0.5) is 10.2 Å². The lowest BCUT2D eigenvalue weighted by Crippen LogP contribution is -2.03. The lowest BCUT2D eigenvalue weighted by atomic mass is 9.98. The van der Waals surface area contributed by atoms with Gasteiger partial charge in [-0.25, -0.2) is 9.37 Å². The first kappa shape index (κ1) is 18.8. The van der Waals surface area contributed by atoms with E-state index in [0.717, 1.165) is 10.0 Å². The molecule has 136 valence electrons. The summed E-state index contributed by atoms with van der Waals surface area (Å²) in [4.78, 5) is 4.32. The molecule has 0 spiro atoms. The van der Waals surface area contributed by atoms with Crippen LogP contribution in [0.3, 0.4) is 0 Å². The second-order valence-electron chi connectivity index (χ2n) is 5.63. The molecule has 0 saturated heterocycles. The fraction of sp³-hybridized carbons (Fsp3) is 0.100. The number of nitrogens with zero attached hydrogens (tertiary/aromatic N) is 2. The van der Waals surface area contributed by atoms with Crippen molar-refractivity contribution in [2.45, 2.75) is 0 Å². The molecule has 0 aliphatic carbocycles. The number of hydrogen-bond acceptors (Lipinski definition) is 5. The summed E-state index contributed by atoms with van der Waals surface area (Å²) in [5.41, 5.74) is 8.76. The average molecular weight is 428 g/mol. The highest BCUT2D eigenvalue weighted by molar-refractivity contribution is 9.10. The van der Waals surface area contributed by atoms with Gasteiger partial charge < -0.3 is 15.2 Å². The Morgan fingerprint density at radius 2 is 2.00 bits per heavy atom. The molecule has 27 heavy (non-hydrogen) atoms. The normalized spacial score (nSPS) is 10.4. The molecular weight excluding hydrogens is 413 g/mol. The monoisotopic (exact) mass is 427 g/mol. The van der Waals surface area contributed by atoms with E-state index in [9.17, 15) is 9.65 Å². The van der Waals surface area contributed by atoms with Crippen molar-refractivity contribution in [1.82, 2.24) is 4.98 Å². The summed E-state index contributed by atoms with van der Waals surface area (Å²) in [7, 11) is 1.47. The van der Waals surface area contributed by atoms with Crippen LogP contribution in [0, 0.1) is 17.1 Å². The van der Waals surface area contributed by atoms with E-state index in [-0.39, 0.29) is 23.9 Å². The van der Waals surface area contributed by atoms with E-state index in [2.05, 4.69) is 27.0 Å². The number of hydrogen-bond donors (Lipinski definition) is 1. The first-order valence-corrected chi connectivity index (χ1v) is 8.71. The molecule has 0 radical (unpaired) electrons. The smallest absolute Gasteiger partial charge is 0.188 e. The van der Waals surface area contributed by atoms with Crippen LogP contribution in [0.1, 0.15) is 5.56 Å². The van der Waals surface area contributed by atoms with Gasteiger partial charge in [0.05, 0.1) is 5.69 Å². The predicted molar refractivity (Wildman–Crippen MR) is 104 cm³/mol. The molecule has 0 aliphatic heterocycles. The maximum atomic E-state index is 13.7. The Bertz CT molecular complexity index is 1030. The minimum absolute atomic E-state index is 0.0410. The predicted octanol–water partition coefficient (Wildman–Crippen LogP) is 4.75. The van der Waals surface area contributed by atoms with Gasteiger partial charge in [-0.2, -0.15) is 5.26 Å². The van der Waals surface area contributed by atoms with Crippen molar-refractivity contribution < 1.29 is 13.9 Å². The second-order valence-corrected chi connectivity index (χ2v) is 6.54. The van der Waals surface area contributed by atoms with E-state index in [1.165, 1.54) is 19.2 Å². The third-order valence-corrected chi connectivity index (χ3v) is 4.34. The Morgan fingerprint density at radius 1 is 1.19 bits per heavy atom. The van der Waals surface area contributed by atoms with Gasteiger partial charge >= 0.3 is 0 Å². The lowest BCUT2D eigenvalue weighted by molar-refractivity contribution is 0.0513. The van der Waals surface area contributed by atoms with Crippen molar-refractivity contribution in [2.75, 3.05) is 19.6 Å². The first-order valence-electron chi connectivity index (χ1n) is 7.91. The van der Waals surface area contributed by atoms with Crippen molar-refractivity contribution in [1.29, 1.82) is 5.26 Å². The van der Waals surface area contributed by atoms with Crippen molar-refractivity contribution in [3.05, 3.63) is 64.4 Å². The third kappa shape index (κ3) is 4.08. The number of nitrogens with two attached hydrogens (primary N) is 1. The van der Waals surface area contributed by atoms with E-state index in [4.69, 9.17) is 15.2 Å². The number of aromatic nitrogens is 1. The standard InChI is InChI=1S/C20H15BrFN3O2/c1-26-11-27-19-8-14(22)5-6-15(19)18-9-16(17(10-23)20(24)25-18)12-3-2-4-13(21)7-12/h2-9H,11H2,1H3,(H2,24,25). The molecule has 0 unspecified atom stereocenters. The zero-order valence-corrected chi connectivity index (χ0v) is 16.0. The summed E-state index contributed by atoms with van der Waals surface area (Å²) in [6.07, 6.45) is 0. The van der Waals surface area contributed by atoms with Gasteiger partial charge in [0.1, 0.15) is 29.0 Å². The van der Waals surface area contributed by atoms with Gasteiger partial charge in [-0.05, 0) is 35.9 Å².